The SMILES string of the molecule is COC(=O)c1ccc(C(=O)Nc2ccc(-c3nnc4n3CCCCC4)cc2)cc1. The van der Waals surface area contributed by atoms with E-state index >= 15 is 0 Å². The van der Waals surface area contributed by atoms with Crippen LogP contribution in [-0.4, -0.2) is 33.8 Å². The van der Waals surface area contributed by atoms with Crippen molar-refractivity contribution in [3.05, 3.63) is 65.5 Å². The van der Waals surface area contributed by atoms with Gasteiger partial charge in [-0.2, -0.15) is 0 Å². The van der Waals surface area contributed by atoms with E-state index in [0.717, 1.165) is 43.0 Å². The van der Waals surface area contributed by atoms with Crippen molar-refractivity contribution < 1.29 is 14.3 Å². The predicted molar refractivity (Wildman–Crippen MR) is 109 cm³/mol. The number of anilines is 1. The molecule has 0 bridgehead atoms. The molecule has 7 heteroatoms. The molecule has 0 unspecified atom stereocenters. The number of methoxy groups -OCH3 is 1. The second-order valence-electron chi connectivity index (χ2n) is 7.00. The van der Waals surface area contributed by atoms with Crippen molar-refractivity contribution in [3.63, 3.8) is 0 Å². The summed E-state index contributed by atoms with van der Waals surface area (Å²) in [6, 6.07) is 13.9. The van der Waals surface area contributed by atoms with Gasteiger partial charge in [0.15, 0.2) is 5.82 Å². The maximum atomic E-state index is 12.5. The van der Waals surface area contributed by atoms with Crippen molar-refractivity contribution in [3.8, 4) is 11.4 Å². The van der Waals surface area contributed by atoms with Gasteiger partial charge in [0.2, 0.25) is 0 Å². The van der Waals surface area contributed by atoms with Crippen molar-refractivity contribution in [1.82, 2.24) is 14.8 Å². The highest BCUT2D eigenvalue weighted by atomic mass is 16.5. The Labute approximate surface area is 168 Å². The topological polar surface area (TPSA) is 86.1 Å². The Morgan fingerprint density at radius 1 is 0.931 bits per heavy atom. The number of hydrogen-bond acceptors (Lipinski definition) is 5. The van der Waals surface area contributed by atoms with Crippen LogP contribution in [0.3, 0.4) is 0 Å². The van der Waals surface area contributed by atoms with Gasteiger partial charge in [0.05, 0.1) is 12.7 Å². The van der Waals surface area contributed by atoms with E-state index in [0.29, 0.717) is 16.8 Å². The largest absolute Gasteiger partial charge is 0.465 e. The van der Waals surface area contributed by atoms with E-state index in [2.05, 4.69) is 24.8 Å². The fraction of sp³-hybridized carbons (Fsp3) is 0.273. The molecule has 0 saturated carbocycles. The van der Waals surface area contributed by atoms with E-state index in [-0.39, 0.29) is 5.91 Å². The highest BCUT2D eigenvalue weighted by Crippen LogP contribution is 2.24. The summed E-state index contributed by atoms with van der Waals surface area (Å²) in [4.78, 5) is 23.9. The Kier molecular flexibility index (Phi) is 5.37. The zero-order valence-electron chi connectivity index (χ0n) is 16.2. The first-order valence-electron chi connectivity index (χ1n) is 9.68. The molecule has 2 aromatic carbocycles. The number of carbonyl (C=O) groups is 2. The van der Waals surface area contributed by atoms with Gasteiger partial charge in [-0.25, -0.2) is 4.79 Å². The molecule has 0 aliphatic carbocycles. The maximum Gasteiger partial charge on any atom is 0.337 e. The molecule has 1 N–H and O–H groups in total. The second kappa shape index (κ2) is 8.26. The number of fused-ring (bicyclic) bond motifs is 1. The minimum atomic E-state index is -0.432. The Morgan fingerprint density at radius 2 is 1.66 bits per heavy atom. The zero-order valence-corrected chi connectivity index (χ0v) is 16.2. The molecule has 3 aromatic rings. The van der Waals surface area contributed by atoms with E-state index in [1.54, 1.807) is 24.3 Å². The van der Waals surface area contributed by atoms with Crippen LogP contribution in [-0.2, 0) is 17.7 Å². The molecule has 1 aliphatic rings. The van der Waals surface area contributed by atoms with Crippen LogP contribution in [0.4, 0.5) is 5.69 Å². The van der Waals surface area contributed by atoms with E-state index in [1.807, 2.05) is 24.3 Å². The smallest absolute Gasteiger partial charge is 0.337 e. The van der Waals surface area contributed by atoms with Crippen LogP contribution in [0.25, 0.3) is 11.4 Å². The number of aryl methyl sites for hydroxylation is 1. The molecule has 1 amide bonds. The van der Waals surface area contributed by atoms with Gasteiger partial charge in [0, 0.05) is 29.8 Å². The van der Waals surface area contributed by atoms with Gasteiger partial charge in [0.25, 0.3) is 5.91 Å². The van der Waals surface area contributed by atoms with Crippen molar-refractivity contribution in [1.29, 1.82) is 0 Å². The van der Waals surface area contributed by atoms with Crippen LogP contribution in [0.2, 0.25) is 0 Å². The summed E-state index contributed by atoms with van der Waals surface area (Å²) in [5.74, 6) is 1.24. The summed E-state index contributed by atoms with van der Waals surface area (Å²) >= 11 is 0. The Bertz CT molecular complexity index is 1020. The lowest BCUT2D eigenvalue weighted by Gasteiger charge is -2.09. The summed E-state index contributed by atoms with van der Waals surface area (Å²) in [6.07, 6.45) is 4.48. The van der Waals surface area contributed by atoms with Crippen LogP contribution in [0.15, 0.2) is 48.5 Å². The second-order valence-corrected chi connectivity index (χ2v) is 7.00. The molecule has 1 aromatic heterocycles. The maximum absolute atomic E-state index is 12.5. The Morgan fingerprint density at radius 3 is 2.38 bits per heavy atom. The van der Waals surface area contributed by atoms with Gasteiger partial charge in [-0.3, -0.25) is 4.79 Å². The predicted octanol–water partition coefficient (Wildman–Crippen LogP) is 3.71. The molecule has 0 saturated heterocycles. The lowest BCUT2D eigenvalue weighted by Crippen LogP contribution is -2.12. The molecule has 0 radical (unpaired) electrons. The first-order chi connectivity index (χ1) is 14.2. The number of rotatable bonds is 4. The Balaban J connectivity index is 1.47. The standard InChI is InChI=1S/C22H22N4O3/c1-29-22(28)17-8-6-16(7-9-17)21(27)23-18-12-10-15(11-13-18)20-25-24-19-5-3-2-4-14-26(19)20/h6-13H,2-5,14H2,1H3,(H,23,27). The first-order valence-corrected chi connectivity index (χ1v) is 9.68. The van der Waals surface area contributed by atoms with Crippen LogP contribution < -0.4 is 5.32 Å². The summed E-state index contributed by atoms with van der Waals surface area (Å²) < 4.78 is 6.86. The number of aromatic nitrogens is 3. The van der Waals surface area contributed by atoms with Crippen molar-refractivity contribution in [2.75, 3.05) is 12.4 Å². The monoisotopic (exact) mass is 390 g/mol. The molecular weight excluding hydrogens is 368 g/mol. The number of amides is 1. The number of nitrogens with zero attached hydrogens (tertiary/aromatic N) is 3. The molecule has 0 spiro atoms. The molecule has 4 rings (SSSR count). The van der Waals surface area contributed by atoms with E-state index in [9.17, 15) is 9.59 Å². The van der Waals surface area contributed by atoms with Crippen LogP contribution >= 0.6 is 0 Å². The molecule has 7 nitrogen and oxygen atoms in total. The fourth-order valence-corrected chi connectivity index (χ4v) is 3.48. The fourth-order valence-electron chi connectivity index (χ4n) is 3.48. The van der Waals surface area contributed by atoms with Crippen LogP contribution in [0.5, 0.6) is 0 Å². The highest BCUT2D eigenvalue weighted by Gasteiger charge is 2.16. The summed E-state index contributed by atoms with van der Waals surface area (Å²) in [5.41, 5.74) is 2.53. The lowest BCUT2D eigenvalue weighted by molar-refractivity contribution is 0.0600. The van der Waals surface area contributed by atoms with Gasteiger partial charge < -0.3 is 14.6 Å². The van der Waals surface area contributed by atoms with E-state index < -0.39 is 5.97 Å². The average Bonchev–Trinajstić information content (AvgIpc) is 3.01. The van der Waals surface area contributed by atoms with Crippen LogP contribution in [0.1, 0.15) is 45.8 Å². The van der Waals surface area contributed by atoms with Gasteiger partial charge in [0.1, 0.15) is 5.82 Å². The third-order valence-electron chi connectivity index (χ3n) is 5.08. The third-order valence-corrected chi connectivity index (χ3v) is 5.08. The quantitative estimate of drug-likeness (QED) is 0.687. The number of nitrogens with one attached hydrogen (secondary N) is 1. The number of carbonyl (C=O) groups excluding carboxylic acids is 2. The van der Waals surface area contributed by atoms with Crippen molar-refractivity contribution in [2.24, 2.45) is 0 Å². The van der Waals surface area contributed by atoms with Crippen molar-refractivity contribution in [2.45, 2.75) is 32.2 Å². The van der Waals surface area contributed by atoms with Crippen LogP contribution in [0, 0.1) is 0 Å². The number of hydrogen-bond donors (Lipinski definition) is 1. The first kappa shape index (κ1) is 18.9. The van der Waals surface area contributed by atoms with Gasteiger partial charge in [-0.15, -0.1) is 10.2 Å². The lowest BCUT2D eigenvalue weighted by atomic mass is 10.1. The zero-order chi connectivity index (χ0) is 20.2. The average molecular weight is 390 g/mol. The summed E-state index contributed by atoms with van der Waals surface area (Å²) in [6.45, 7) is 0.942. The Hall–Kier alpha value is -3.48. The minimum absolute atomic E-state index is 0.245. The summed E-state index contributed by atoms with van der Waals surface area (Å²) in [7, 11) is 1.32. The molecular formula is C22H22N4O3. The van der Waals surface area contributed by atoms with Gasteiger partial charge in [-0.05, 0) is 61.4 Å². The molecule has 0 fully saturated rings. The third kappa shape index (κ3) is 4.03. The number of esters is 1. The highest BCUT2D eigenvalue weighted by molar-refractivity contribution is 6.04. The normalized spacial score (nSPS) is 13.3. The molecule has 29 heavy (non-hydrogen) atoms. The number of ether oxygens (including phenoxy) is 1. The molecule has 1 aliphatic heterocycles. The summed E-state index contributed by atoms with van der Waals surface area (Å²) in [5, 5.41) is 11.6. The van der Waals surface area contributed by atoms with Gasteiger partial charge in [-0.1, -0.05) is 6.42 Å². The number of benzene rings is 2. The molecule has 0 atom stereocenters. The molecule has 2 heterocycles. The van der Waals surface area contributed by atoms with Gasteiger partial charge >= 0.3 is 5.97 Å². The minimum Gasteiger partial charge on any atom is -0.465 e. The van der Waals surface area contributed by atoms with E-state index in [1.165, 1.54) is 13.5 Å². The van der Waals surface area contributed by atoms with E-state index in [4.69, 9.17) is 0 Å². The van der Waals surface area contributed by atoms with Crippen molar-refractivity contribution >= 4 is 17.6 Å². The molecule has 148 valence electrons.